The van der Waals surface area contributed by atoms with Crippen molar-refractivity contribution in [2.24, 2.45) is 0 Å². The molecule has 0 unspecified atom stereocenters. The molecule has 0 saturated carbocycles. The summed E-state index contributed by atoms with van der Waals surface area (Å²) in [6.45, 7) is 13.2. The molecule has 1 N–H and O–H groups in total. The quantitative estimate of drug-likeness (QED) is 0.685. The Labute approximate surface area is 155 Å². The van der Waals surface area contributed by atoms with Crippen molar-refractivity contribution < 1.29 is 0 Å². The Kier molecular flexibility index (Phi) is 6.27. The van der Waals surface area contributed by atoms with Crippen LogP contribution in [0, 0.1) is 13.8 Å². The van der Waals surface area contributed by atoms with E-state index in [1.165, 1.54) is 61.3 Å². The lowest BCUT2D eigenvalue weighted by Crippen LogP contribution is -2.21. The molecular formula is C21H29N3S. The molecule has 0 spiro atoms. The normalized spacial score (nSPS) is 14.8. The highest BCUT2D eigenvalue weighted by molar-refractivity contribution is 7.16. The molecule has 3 rings (SSSR count). The van der Waals surface area contributed by atoms with Crippen LogP contribution in [0.25, 0.3) is 16.3 Å². The van der Waals surface area contributed by atoms with Crippen LogP contribution in [0.4, 0.5) is 0 Å². The number of likely N-dealkylation sites (tertiary alicyclic amines) is 1. The van der Waals surface area contributed by atoms with Gasteiger partial charge in [0, 0.05) is 17.8 Å². The van der Waals surface area contributed by atoms with Gasteiger partial charge in [0.25, 0.3) is 0 Å². The third-order valence-electron chi connectivity index (χ3n) is 4.81. The van der Waals surface area contributed by atoms with Crippen LogP contribution in [0.5, 0.6) is 0 Å². The Bertz CT molecular complexity index is 696. The van der Waals surface area contributed by atoms with E-state index < -0.39 is 0 Å². The second-order valence-corrected chi connectivity index (χ2v) is 7.96. The number of hydrogen-bond acceptors (Lipinski definition) is 4. The minimum Gasteiger partial charge on any atom is -0.384 e. The Hall–Kier alpha value is -1.65. The van der Waals surface area contributed by atoms with Gasteiger partial charge in [0.1, 0.15) is 5.01 Å². The summed E-state index contributed by atoms with van der Waals surface area (Å²) < 4.78 is 0. The smallest absolute Gasteiger partial charge is 0.124 e. The molecule has 1 aliphatic rings. The number of benzene rings is 1. The number of aromatic nitrogens is 1. The fourth-order valence-electron chi connectivity index (χ4n) is 3.28. The van der Waals surface area contributed by atoms with E-state index in [0.717, 1.165) is 22.9 Å². The van der Waals surface area contributed by atoms with Gasteiger partial charge in [-0.05, 0) is 59.2 Å². The van der Waals surface area contributed by atoms with Gasteiger partial charge < -0.3 is 10.2 Å². The minimum atomic E-state index is 0.990. The molecule has 4 heteroatoms. The van der Waals surface area contributed by atoms with Crippen LogP contribution in [-0.2, 0) is 0 Å². The molecule has 0 atom stereocenters. The molecule has 0 amide bonds. The van der Waals surface area contributed by atoms with Crippen molar-refractivity contribution in [3.05, 3.63) is 47.0 Å². The zero-order chi connectivity index (χ0) is 17.6. The van der Waals surface area contributed by atoms with Crippen LogP contribution >= 0.6 is 11.3 Å². The molecule has 1 fully saturated rings. The molecule has 1 aromatic heterocycles. The second-order valence-electron chi connectivity index (χ2n) is 6.96. The predicted molar refractivity (Wildman–Crippen MR) is 109 cm³/mol. The summed E-state index contributed by atoms with van der Waals surface area (Å²) in [4.78, 5) is 8.49. The van der Waals surface area contributed by atoms with E-state index in [-0.39, 0.29) is 0 Å². The predicted octanol–water partition coefficient (Wildman–Crippen LogP) is 4.86. The summed E-state index contributed by atoms with van der Waals surface area (Å²) in [5, 5.41) is 4.57. The van der Waals surface area contributed by atoms with Gasteiger partial charge in [0.2, 0.25) is 0 Å². The van der Waals surface area contributed by atoms with E-state index in [1.807, 2.05) is 0 Å². The first-order valence-electron chi connectivity index (χ1n) is 9.33. The number of hydrogen-bond donors (Lipinski definition) is 1. The zero-order valence-electron chi connectivity index (χ0n) is 15.5. The van der Waals surface area contributed by atoms with Crippen molar-refractivity contribution in [1.82, 2.24) is 15.2 Å². The lowest BCUT2D eigenvalue weighted by Gasteiger charge is -2.14. The van der Waals surface area contributed by atoms with Gasteiger partial charge in [-0.1, -0.05) is 36.4 Å². The van der Waals surface area contributed by atoms with Crippen molar-refractivity contribution in [2.45, 2.75) is 39.5 Å². The third kappa shape index (κ3) is 4.93. The molecule has 1 aliphatic heterocycles. The number of aryl methyl sites for hydroxylation is 2. The summed E-state index contributed by atoms with van der Waals surface area (Å²) in [6, 6.07) is 8.57. The van der Waals surface area contributed by atoms with Crippen molar-refractivity contribution in [1.29, 1.82) is 0 Å². The zero-order valence-corrected chi connectivity index (χ0v) is 16.3. The maximum absolute atomic E-state index is 4.74. The summed E-state index contributed by atoms with van der Waals surface area (Å²) in [5.41, 5.74) is 4.53. The van der Waals surface area contributed by atoms with Crippen LogP contribution in [0.1, 0.15) is 41.8 Å². The highest BCUT2D eigenvalue weighted by atomic mass is 32.1. The average Bonchev–Trinajstić information content (AvgIpc) is 3.25. The molecule has 1 aromatic carbocycles. The lowest BCUT2D eigenvalue weighted by atomic mass is 10.2. The van der Waals surface area contributed by atoms with E-state index in [1.54, 1.807) is 11.3 Å². The molecular weight excluding hydrogens is 326 g/mol. The molecule has 0 bridgehead atoms. The molecule has 2 heterocycles. The van der Waals surface area contributed by atoms with Crippen LogP contribution in [0.15, 0.2) is 30.8 Å². The largest absolute Gasteiger partial charge is 0.384 e. The minimum absolute atomic E-state index is 0.990. The van der Waals surface area contributed by atoms with Crippen LogP contribution in [-0.4, -0.2) is 36.1 Å². The van der Waals surface area contributed by atoms with Gasteiger partial charge in [-0.15, -0.1) is 11.3 Å². The summed E-state index contributed by atoms with van der Waals surface area (Å²) >= 11 is 1.73. The van der Waals surface area contributed by atoms with Gasteiger partial charge in [0.15, 0.2) is 0 Å². The Balaban J connectivity index is 1.49. The maximum atomic E-state index is 4.74. The summed E-state index contributed by atoms with van der Waals surface area (Å²) in [7, 11) is 0. The molecule has 3 nitrogen and oxygen atoms in total. The standard InChI is InChI=1S/C21H29N3S/c1-16-8-10-19(11-9-16)21-23-18(3)20(25-21)17(2)22-12-4-5-13-24-14-6-7-15-24/h8-11,22H,2,4-7,12-15H2,1,3H3. The van der Waals surface area contributed by atoms with E-state index in [4.69, 9.17) is 4.98 Å². The van der Waals surface area contributed by atoms with Crippen molar-refractivity contribution in [3.8, 4) is 10.6 Å². The Morgan fingerprint density at radius 1 is 1.16 bits per heavy atom. The molecule has 1 saturated heterocycles. The van der Waals surface area contributed by atoms with Crippen LogP contribution in [0.2, 0.25) is 0 Å². The number of nitrogens with zero attached hydrogens (tertiary/aromatic N) is 2. The Morgan fingerprint density at radius 3 is 2.60 bits per heavy atom. The number of rotatable bonds is 8. The van der Waals surface area contributed by atoms with Crippen LogP contribution < -0.4 is 5.32 Å². The van der Waals surface area contributed by atoms with Crippen LogP contribution in [0.3, 0.4) is 0 Å². The second kappa shape index (κ2) is 8.63. The first-order chi connectivity index (χ1) is 12.1. The van der Waals surface area contributed by atoms with Gasteiger partial charge in [-0.2, -0.15) is 0 Å². The first-order valence-corrected chi connectivity index (χ1v) is 10.1. The molecule has 2 aromatic rings. The average molecular weight is 356 g/mol. The third-order valence-corrected chi connectivity index (χ3v) is 6.07. The van der Waals surface area contributed by atoms with E-state index in [9.17, 15) is 0 Å². The van der Waals surface area contributed by atoms with Gasteiger partial charge in [0.05, 0.1) is 10.6 Å². The topological polar surface area (TPSA) is 28.2 Å². The molecule has 0 aliphatic carbocycles. The number of unbranched alkanes of at least 4 members (excludes halogenated alkanes) is 1. The molecule has 134 valence electrons. The SMILES string of the molecule is C=C(NCCCCN1CCCC1)c1sc(-c2ccc(C)cc2)nc1C. The fraction of sp³-hybridized carbons (Fsp3) is 0.476. The maximum Gasteiger partial charge on any atom is 0.124 e. The van der Waals surface area contributed by atoms with Crippen molar-refractivity contribution in [2.75, 3.05) is 26.2 Å². The van der Waals surface area contributed by atoms with Gasteiger partial charge in [-0.25, -0.2) is 4.98 Å². The van der Waals surface area contributed by atoms with E-state index in [0.29, 0.717) is 0 Å². The monoisotopic (exact) mass is 355 g/mol. The van der Waals surface area contributed by atoms with Crippen molar-refractivity contribution >= 4 is 17.0 Å². The van der Waals surface area contributed by atoms with Gasteiger partial charge in [-0.3, -0.25) is 0 Å². The summed E-state index contributed by atoms with van der Waals surface area (Å²) in [6.07, 6.45) is 5.21. The summed E-state index contributed by atoms with van der Waals surface area (Å²) in [5.74, 6) is 0. The van der Waals surface area contributed by atoms with Crippen molar-refractivity contribution in [3.63, 3.8) is 0 Å². The van der Waals surface area contributed by atoms with Gasteiger partial charge >= 0.3 is 0 Å². The number of nitrogens with one attached hydrogen (secondary N) is 1. The molecule has 0 radical (unpaired) electrons. The van der Waals surface area contributed by atoms with E-state index in [2.05, 4.69) is 54.9 Å². The molecule has 25 heavy (non-hydrogen) atoms. The highest BCUT2D eigenvalue weighted by Crippen LogP contribution is 2.31. The van der Waals surface area contributed by atoms with E-state index >= 15 is 0 Å². The lowest BCUT2D eigenvalue weighted by molar-refractivity contribution is 0.330. The number of thiazole rings is 1. The fourth-order valence-corrected chi connectivity index (χ4v) is 4.30. The highest BCUT2D eigenvalue weighted by Gasteiger charge is 2.12. The Morgan fingerprint density at radius 2 is 1.88 bits per heavy atom. The first kappa shape index (κ1) is 18.2.